The molecule has 1 aliphatic rings. The van der Waals surface area contributed by atoms with E-state index in [1.807, 2.05) is 0 Å². The molecule has 0 radical (unpaired) electrons. The number of nitrogens with one attached hydrogen (secondary N) is 1. The van der Waals surface area contributed by atoms with Crippen LogP contribution in [0.15, 0.2) is 24.3 Å². The van der Waals surface area contributed by atoms with Crippen molar-refractivity contribution in [2.75, 3.05) is 0 Å². The summed E-state index contributed by atoms with van der Waals surface area (Å²) >= 11 is 0. The fourth-order valence-electron chi connectivity index (χ4n) is 1.42. The van der Waals surface area contributed by atoms with Crippen molar-refractivity contribution in [3.05, 3.63) is 29.8 Å². The lowest BCUT2D eigenvalue weighted by Gasteiger charge is -2.03. The van der Waals surface area contributed by atoms with Crippen LogP contribution in [-0.2, 0) is 0 Å². The van der Waals surface area contributed by atoms with Gasteiger partial charge in [0.15, 0.2) is 0 Å². The van der Waals surface area contributed by atoms with Crippen molar-refractivity contribution in [1.82, 2.24) is 5.32 Å². The summed E-state index contributed by atoms with van der Waals surface area (Å²) in [7, 11) is 0. The number of benzene rings is 1. The second-order valence-electron chi connectivity index (χ2n) is 3.84. The molecule has 1 amide bonds. The summed E-state index contributed by atoms with van der Waals surface area (Å²) in [5, 5.41) is 12.1. The van der Waals surface area contributed by atoms with Crippen LogP contribution in [0.3, 0.4) is 0 Å². The molecule has 0 saturated heterocycles. The maximum absolute atomic E-state index is 11.6. The van der Waals surface area contributed by atoms with Crippen molar-refractivity contribution < 1.29 is 9.90 Å². The van der Waals surface area contributed by atoms with E-state index in [9.17, 15) is 9.90 Å². The van der Waals surface area contributed by atoms with Gasteiger partial charge >= 0.3 is 0 Å². The van der Waals surface area contributed by atoms with Gasteiger partial charge in [0.2, 0.25) is 0 Å². The molecule has 74 valence electrons. The lowest BCUT2D eigenvalue weighted by atomic mass is 10.2. The van der Waals surface area contributed by atoms with Crippen LogP contribution >= 0.6 is 0 Å². The highest BCUT2D eigenvalue weighted by molar-refractivity contribution is 5.94. The SMILES string of the molecule is CC1CC1NC(=O)c1cccc(O)c1. The van der Waals surface area contributed by atoms with Gasteiger partial charge in [-0.2, -0.15) is 0 Å². The standard InChI is InChI=1S/C11H13NO2/c1-7-5-10(7)12-11(14)8-3-2-4-9(13)6-8/h2-4,6-7,10,13H,5H2,1H3,(H,12,14). The predicted octanol–water partition coefficient (Wildman–Crippen LogP) is 1.53. The molecule has 0 aliphatic heterocycles. The highest BCUT2D eigenvalue weighted by Gasteiger charge is 2.33. The minimum absolute atomic E-state index is 0.102. The van der Waals surface area contributed by atoms with Gasteiger partial charge in [0.1, 0.15) is 5.75 Å². The Balaban J connectivity index is 2.03. The van der Waals surface area contributed by atoms with E-state index >= 15 is 0 Å². The Hall–Kier alpha value is -1.51. The van der Waals surface area contributed by atoms with Crippen molar-refractivity contribution in [3.63, 3.8) is 0 Å². The van der Waals surface area contributed by atoms with Crippen molar-refractivity contribution in [3.8, 4) is 5.75 Å². The van der Waals surface area contributed by atoms with Gasteiger partial charge in [-0.25, -0.2) is 0 Å². The average Bonchev–Trinajstić information content (AvgIpc) is 2.81. The Labute approximate surface area is 82.8 Å². The molecular weight excluding hydrogens is 178 g/mol. The quantitative estimate of drug-likeness (QED) is 0.744. The lowest BCUT2D eigenvalue weighted by molar-refractivity contribution is 0.0949. The minimum atomic E-state index is -0.102. The van der Waals surface area contributed by atoms with Crippen molar-refractivity contribution in [1.29, 1.82) is 0 Å². The number of hydrogen-bond acceptors (Lipinski definition) is 2. The second-order valence-corrected chi connectivity index (χ2v) is 3.84. The molecule has 1 aromatic rings. The van der Waals surface area contributed by atoms with Crippen LogP contribution in [0.5, 0.6) is 5.75 Å². The first kappa shape index (κ1) is 9.06. The Bertz CT molecular complexity index is 362. The highest BCUT2D eigenvalue weighted by Crippen LogP contribution is 2.29. The number of carbonyl (C=O) groups excluding carboxylic acids is 1. The maximum atomic E-state index is 11.6. The lowest BCUT2D eigenvalue weighted by Crippen LogP contribution is -2.26. The van der Waals surface area contributed by atoms with E-state index in [-0.39, 0.29) is 11.7 Å². The minimum Gasteiger partial charge on any atom is -0.508 e. The molecular formula is C11H13NO2. The maximum Gasteiger partial charge on any atom is 0.251 e. The summed E-state index contributed by atoms with van der Waals surface area (Å²) < 4.78 is 0. The molecule has 14 heavy (non-hydrogen) atoms. The molecule has 3 nitrogen and oxygen atoms in total. The summed E-state index contributed by atoms with van der Waals surface area (Å²) in [4.78, 5) is 11.6. The van der Waals surface area contributed by atoms with Crippen LogP contribution in [-0.4, -0.2) is 17.1 Å². The predicted molar refractivity (Wildman–Crippen MR) is 53.1 cm³/mol. The molecule has 2 unspecified atom stereocenters. The van der Waals surface area contributed by atoms with E-state index < -0.39 is 0 Å². The Morgan fingerprint density at radius 1 is 1.57 bits per heavy atom. The second kappa shape index (κ2) is 3.33. The van der Waals surface area contributed by atoms with Gasteiger partial charge in [-0.15, -0.1) is 0 Å². The van der Waals surface area contributed by atoms with E-state index in [1.165, 1.54) is 6.07 Å². The largest absolute Gasteiger partial charge is 0.508 e. The number of amides is 1. The number of rotatable bonds is 2. The van der Waals surface area contributed by atoms with E-state index in [0.717, 1.165) is 6.42 Å². The first-order valence-electron chi connectivity index (χ1n) is 4.76. The third-order valence-corrected chi connectivity index (χ3v) is 2.53. The molecule has 1 aliphatic carbocycles. The van der Waals surface area contributed by atoms with E-state index in [0.29, 0.717) is 17.5 Å². The monoisotopic (exact) mass is 191 g/mol. The van der Waals surface area contributed by atoms with E-state index in [4.69, 9.17) is 0 Å². The summed E-state index contributed by atoms with van der Waals surface area (Å²) in [6.45, 7) is 2.10. The van der Waals surface area contributed by atoms with Crippen molar-refractivity contribution in [2.24, 2.45) is 5.92 Å². The Kier molecular flexibility index (Phi) is 2.15. The molecule has 1 aromatic carbocycles. The third kappa shape index (κ3) is 1.87. The average molecular weight is 191 g/mol. The van der Waals surface area contributed by atoms with Crippen molar-refractivity contribution in [2.45, 2.75) is 19.4 Å². The van der Waals surface area contributed by atoms with E-state index in [2.05, 4.69) is 12.2 Å². The molecule has 0 spiro atoms. The number of carbonyl (C=O) groups is 1. The number of aromatic hydroxyl groups is 1. The van der Waals surface area contributed by atoms with Gasteiger partial charge in [-0.1, -0.05) is 13.0 Å². The van der Waals surface area contributed by atoms with Gasteiger partial charge in [-0.3, -0.25) is 4.79 Å². The molecule has 1 fully saturated rings. The summed E-state index contributed by atoms with van der Waals surface area (Å²) in [5.41, 5.74) is 0.518. The number of hydrogen-bond donors (Lipinski definition) is 2. The van der Waals surface area contributed by atoms with Gasteiger partial charge in [0.05, 0.1) is 0 Å². The summed E-state index contributed by atoms with van der Waals surface area (Å²) in [6.07, 6.45) is 1.06. The highest BCUT2D eigenvalue weighted by atomic mass is 16.3. The van der Waals surface area contributed by atoms with Gasteiger partial charge in [-0.05, 0) is 30.5 Å². The topological polar surface area (TPSA) is 49.3 Å². The van der Waals surface area contributed by atoms with Crippen LogP contribution in [0.25, 0.3) is 0 Å². The molecule has 3 heteroatoms. The smallest absolute Gasteiger partial charge is 0.251 e. The van der Waals surface area contributed by atoms with Crippen LogP contribution < -0.4 is 5.32 Å². The zero-order chi connectivity index (χ0) is 10.1. The third-order valence-electron chi connectivity index (χ3n) is 2.53. The fourth-order valence-corrected chi connectivity index (χ4v) is 1.42. The normalized spacial score (nSPS) is 24.4. The van der Waals surface area contributed by atoms with Crippen LogP contribution in [0.4, 0.5) is 0 Å². The Morgan fingerprint density at radius 3 is 2.86 bits per heavy atom. The molecule has 0 aromatic heterocycles. The van der Waals surface area contributed by atoms with Gasteiger partial charge < -0.3 is 10.4 Å². The first-order chi connectivity index (χ1) is 6.66. The molecule has 2 N–H and O–H groups in total. The zero-order valence-corrected chi connectivity index (χ0v) is 8.03. The molecule has 2 rings (SSSR count). The first-order valence-corrected chi connectivity index (χ1v) is 4.76. The molecule has 1 saturated carbocycles. The van der Waals surface area contributed by atoms with Gasteiger partial charge in [0, 0.05) is 11.6 Å². The van der Waals surface area contributed by atoms with E-state index in [1.54, 1.807) is 18.2 Å². The fraction of sp³-hybridized carbons (Fsp3) is 0.364. The summed E-state index contributed by atoms with van der Waals surface area (Å²) in [6, 6.07) is 6.71. The summed E-state index contributed by atoms with van der Waals surface area (Å²) in [5.74, 6) is 0.619. The van der Waals surface area contributed by atoms with Crippen molar-refractivity contribution >= 4 is 5.91 Å². The molecule has 2 atom stereocenters. The molecule has 0 heterocycles. The van der Waals surface area contributed by atoms with Crippen LogP contribution in [0.1, 0.15) is 23.7 Å². The number of phenolic OH excluding ortho intramolecular Hbond substituents is 1. The Morgan fingerprint density at radius 2 is 2.29 bits per heavy atom. The van der Waals surface area contributed by atoms with Gasteiger partial charge in [0.25, 0.3) is 5.91 Å². The molecule has 0 bridgehead atoms. The van der Waals surface area contributed by atoms with Crippen LogP contribution in [0, 0.1) is 5.92 Å². The van der Waals surface area contributed by atoms with Crippen LogP contribution in [0.2, 0.25) is 0 Å². The zero-order valence-electron chi connectivity index (χ0n) is 8.03. The number of phenols is 1.